The second-order valence-electron chi connectivity index (χ2n) is 5.38. The van der Waals surface area contributed by atoms with Crippen molar-refractivity contribution in [2.24, 2.45) is 0 Å². The first kappa shape index (κ1) is 15.1. The molecule has 7 nitrogen and oxygen atoms in total. The summed E-state index contributed by atoms with van der Waals surface area (Å²) in [5, 5.41) is 3.25. The van der Waals surface area contributed by atoms with Crippen LogP contribution in [0.15, 0.2) is 16.1 Å². The molecule has 2 amide bonds. The number of aromatic nitrogens is 2. The lowest BCUT2D eigenvalue weighted by atomic mass is 10.0. The molecule has 1 atom stereocenters. The Labute approximate surface area is 132 Å². The van der Waals surface area contributed by atoms with Crippen molar-refractivity contribution in [3.05, 3.63) is 22.1 Å². The molecule has 0 radical (unpaired) electrons. The molecule has 2 aliphatic rings. The molecule has 3 heterocycles. The van der Waals surface area contributed by atoms with Crippen molar-refractivity contribution in [3.8, 4) is 0 Å². The van der Waals surface area contributed by atoms with E-state index in [4.69, 9.17) is 0 Å². The van der Waals surface area contributed by atoms with Crippen molar-refractivity contribution in [1.29, 1.82) is 0 Å². The first-order valence-electron chi connectivity index (χ1n) is 7.38. The quantitative estimate of drug-likeness (QED) is 0.780. The number of piperidine rings is 1. The zero-order valence-electron chi connectivity index (χ0n) is 12.4. The summed E-state index contributed by atoms with van der Waals surface area (Å²) >= 11 is 1.51. The minimum absolute atomic E-state index is 0.0575. The molecule has 2 aliphatic heterocycles. The summed E-state index contributed by atoms with van der Waals surface area (Å²) in [5.74, 6) is 0.223. The third-order valence-electron chi connectivity index (χ3n) is 4.10. The van der Waals surface area contributed by atoms with E-state index in [1.807, 2.05) is 0 Å². The highest BCUT2D eigenvalue weighted by molar-refractivity contribution is 7.99. The van der Waals surface area contributed by atoms with Crippen molar-refractivity contribution < 1.29 is 9.59 Å². The fourth-order valence-electron chi connectivity index (χ4n) is 2.93. The van der Waals surface area contributed by atoms with Crippen LogP contribution in [-0.4, -0.2) is 51.7 Å². The van der Waals surface area contributed by atoms with E-state index in [1.54, 1.807) is 7.05 Å². The Hall–Kier alpha value is -1.83. The number of nitrogens with zero attached hydrogens (tertiary/aromatic N) is 3. The number of likely N-dealkylation sites (tertiary alicyclic amines) is 1. The minimum Gasteiger partial charge on any atom is -0.357 e. The van der Waals surface area contributed by atoms with E-state index in [1.165, 1.54) is 27.4 Å². The molecule has 0 unspecified atom stereocenters. The van der Waals surface area contributed by atoms with Gasteiger partial charge in [0.15, 0.2) is 5.16 Å². The van der Waals surface area contributed by atoms with Gasteiger partial charge >= 0.3 is 0 Å². The van der Waals surface area contributed by atoms with Gasteiger partial charge in [-0.25, -0.2) is 4.98 Å². The van der Waals surface area contributed by atoms with Crippen molar-refractivity contribution >= 4 is 23.6 Å². The normalized spacial score (nSPS) is 20.6. The summed E-state index contributed by atoms with van der Waals surface area (Å²) in [4.78, 5) is 42.9. The van der Waals surface area contributed by atoms with Crippen LogP contribution in [0, 0.1) is 0 Å². The maximum absolute atomic E-state index is 12.7. The number of carbonyl (C=O) groups excluding carboxylic acids is 2. The first-order valence-corrected chi connectivity index (χ1v) is 8.37. The van der Waals surface area contributed by atoms with E-state index >= 15 is 0 Å². The van der Waals surface area contributed by atoms with Crippen molar-refractivity contribution in [2.75, 3.05) is 19.3 Å². The molecule has 3 rings (SSSR count). The highest BCUT2D eigenvalue weighted by atomic mass is 32.2. The van der Waals surface area contributed by atoms with Crippen LogP contribution in [0.1, 0.15) is 29.6 Å². The average molecular weight is 322 g/mol. The summed E-state index contributed by atoms with van der Waals surface area (Å²) in [5.41, 5.74) is -0.247. The van der Waals surface area contributed by atoms with E-state index in [0.29, 0.717) is 24.7 Å². The van der Waals surface area contributed by atoms with E-state index in [0.717, 1.165) is 18.6 Å². The van der Waals surface area contributed by atoms with Crippen LogP contribution in [0.4, 0.5) is 0 Å². The van der Waals surface area contributed by atoms with Gasteiger partial charge in [0.25, 0.3) is 11.5 Å². The van der Waals surface area contributed by atoms with Gasteiger partial charge in [0, 0.05) is 32.1 Å². The molecular weight excluding hydrogens is 304 g/mol. The zero-order chi connectivity index (χ0) is 15.7. The van der Waals surface area contributed by atoms with E-state index in [9.17, 15) is 14.4 Å². The molecule has 0 bridgehead atoms. The molecule has 1 aromatic heterocycles. The van der Waals surface area contributed by atoms with Crippen molar-refractivity contribution in [3.63, 3.8) is 0 Å². The minimum atomic E-state index is -0.502. The van der Waals surface area contributed by atoms with E-state index in [2.05, 4.69) is 10.3 Å². The molecule has 118 valence electrons. The predicted molar refractivity (Wildman–Crippen MR) is 82.0 cm³/mol. The summed E-state index contributed by atoms with van der Waals surface area (Å²) in [6.07, 6.45) is 3.72. The number of carbonyl (C=O) groups is 2. The monoisotopic (exact) mass is 322 g/mol. The van der Waals surface area contributed by atoms with Gasteiger partial charge in [0.2, 0.25) is 5.91 Å². The molecular formula is C14H18N4O3S. The largest absolute Gasteiger partial charge is 0.357 e. The van der Waals surface area contributed by atoms with Gasteiger partial charge in [-0.1, -0.05) is 11.8 Å². The Morgan fingerprint density at radius 2 is 2.18 bits per heavy atom. The molecule has 22 heavy (non-hydrogen) atoms. The molecule has 1 aromatic rings. The van der Waals surface area contributed by atoms with Gasteiger partial charge < -0.3 is 10.2 Å². The number of amides is 2. The Balaban J connectivity index is 1.93. The van der Waals surface area contributed by atoms with E-state index < -0.39 is 11.9 Å². The van der Waals surface area contributed by atoms with Crippen molar-refractivity contribution in [1.82, 2.24) is 19.8 Å². The molecule has 0 aromatic carbocycles. The van der Waals surface area contributed by atoms with Gasteiger partial charge in [-0.15, -0.1) is 0 Å². The SMILES string of the molecule is CNC(=O)[C@H]1CCCCN1C(=O)c1cnc2n(c1=O)CCS2. The second kappa shape index (κ2) is 6.12. The first-order chi connectivity index (χ1) is 10.6. The summed E-state index contributed by atoms with van der Waals surface area (Å²) in [7, 11) is 1.56. The number of fused-ring (bicyclic) bond motifs is 1. The molecule has 1 fully saturated rings. The zero-order valence-corrected chi connectivity index (χ0v) is 13.2. The molecule has 0 spiro atoms. The van der Waals surface area contributed by atoms with Crippen LogP contribution in [0.5, 0.6) is 0 Å². The van der Waals surface area contributed by atoms with E-state index in [-0.39, 0.29) is 17.0 Å². The van der Waals surface area contributed by atoms with Gasteiger partial charge in [0.1, 0.15) is 11.6 Å². The summed E-state index contributed by atoms with van der Waals surface area (Å²) in [6, 6.07) is -0.502. The highest BCUT2D eigenvalue weighted by Crippen LogP contribution is 2.22. The van der Waals surface area contributed by atoms with Crippen LogP contribution in [0.25, 0.3) is 0 Å². The molecule has 0 saturated carbocycles. The maximum Gasteiger partial charge on any atom is 0.267 e. The lowest BCUT2D eigenvalue weighted by Crippen LogP contribution is -2.52. The number of rotatable bonds is 2. The number of nitrogens with one attached hydrogen (secondary N) is 1. The fourth-order valence-corrected chi connectivity index (χ4v) is 3.85. The van der Waals surface area contributed by atoms with Gasteiger partial charge in [0.05, 0.1) is 0 Å². The number of thioether (sulfide) groups is 1. The number of hydrogen-bond donors (Lipinski definition) is 1. The van der Waals surface area contributed by atoms with Crippen LogP contribution < -0.4 is 10.9 Å². The van der Waals surface area contributed by atoms with Crippen LogP contribution >= 0.6 is 11.8 Å². The topological polar surface area (TPSA) is 84.3 Å². The summed E-state index contributed by atoms with van der Waals surface area (Å²) < 4.78 is 1.54. The average Bonchev–Trinajstić information content (AvgIpc) is 3.03. The Kier molecular flexibility index (Phi) is 4.19. The van der Waals surface area contributed by atoms with Gasteiger partial charge in [-0.2, -0.15) is 0 Å². The van der Waals surface area contributed by atoms with Crippen LogP contribution in [0.3, 0.4) is 0 Å². The predicted octanol–water partition coefficient (Wildman–Crippen LogP) is 0.0897. The second-order valence-corrected chi connectivity index (χ2v) is 6.45. The third-order valence-corrected chi connectivity index (χ3v) is 5.07. The third kappa shape index (κ3) is 2.51. The van der Waals surface area contributed by atoms with Crippen LogP contribution in [-0.2, 0) is 11.3 Å². The standard InChI is InChI=1S/C14H18N4O3S/c1-15-11(19)10-4-2-3-5-17(10)12(20)9-8-16-14-18(13(9)21)6-7-22-14/h8,10H,2-7H2,1H3,(H,15,19)/t10-/m1/s1. The highest BCUT2D eigenvalue weighted by Gasteiger charge is 2.34. The smallest absolute Gasteiger partial charge is 0.267 e. The Bertz CT molecular complexity index is 673. The lowest BCUT2D eigenvalue weighted by Gasteiger charge is -2.34. The summed E-state index contributed by atoms with van der Waals surface area (Å²) in [6.45, 7) is 1.07. The Morgan fingerprint density at radius 3 is 2.95 bits per heavy atom. The molecule has 1 saturated heterocycles. The molecule has 1 N–H and O–H groups in total. The maximum atomic E-state index is 12.7. The van der Waals surface area contributed by atoms with Gasteiger partial charge in [-0.3, -0.25) is 19.0 Å². The Morgan fingerprint density at radius 1 is 1.36 bits per heavy atom. The lowest BCUT2D eigenvalue weighted by molar-refractivity contribution is -0.126. The van der Waals surface area contributed by atoms with Crippen molar-refractivity contribution in [2.45, 2.75) is 37.0 Å². The molecule has 8 heteroatoms. The number of likely N-dealkylation sites (N-methyl/N-ethyl adjacent to an activating group) is 1. The molecule has 0 aliphatic carbocycles. The van der Waals surface area contributed by atoms with Gasteiger partial charge in [-0.05, 0) is 19.3 Å². The van der Waals surface area contributed by atoms with Crippen LogP contribution in [0.2, 0.25) is 0 Å². The fraction of sp³-hybridized carbons (Fsp3) is 0.571. The number of hydrogen-bond acceptors (Lipinski definition) is 5.